The summed E-state index contributed by atoms with van der Waals surface area (Å²) < 4.78 is 68.0. The first-order valence-corrected chi connectivity index (χ1v) is 8.92. The Labute approximate surface area is 145 Å². The summed E-state index contributed by atoms with van der Waals surface area (Å²) in [5.41, 5.74) is -5.47. The molecule has 0 fully saturated rings. The van der Waals surface area contributed by atoms with Gasteiger partial charge in [-0.1, -0.05) is 11.6 Å². The number of nitrogens with zero attached hydrogens (tertiary/aromatic N) is 1. The Kier molecular flexibility index (Phi) is 7.24. The number of sulfonamides is 1. The molecule has 1 aromatic carbocycles. The van der Waals surface area contributed by atoms with Gasteiger partial charge in [0.05, 0.1) is 18.4 Å². The van der Waals surface area contributed by atoms with Crippen molar-refractivity contribution < 1.29 is 31.1 Å². The largest absolute Gasteiger partial charge is 0.516 e. The maximum absolute atomic E-state index is 13.1. The number of carbonyl (C=O) groups excluding carboxylic acids is 1. The van der Waals surface area contributed by atoms with E-state index in [-0.39, 0.29) is 22.0 Å². The van der Waals surface area contributed by atoms with E-state index in [0.717, 1.165) is 7.11 Å². The number of hydrogen-bond acceptors (Lipinski definition) is 5. The molecule has 142 valence electrons. The molecule has 0 aliphatic rings. The summed E-state index contributed by atoms with van der Waals surface area (Å²) in [5.74, 6) is -0.906. The summed E-state index contributed by atoms with van der Waals surface area (Å²) in [7, 11) is -2.90. The number of aryl methyl sites for hydroxylation is 1. The smallest absolute Gasteiger partial charge is 0.465 e. The van der Waals surface area contributed by atoms with Gasteiger partial charge < -0.3 is 10.1 Å². The van der Waals surface area contributed by atoms with Crippen LogP contribution in [0.2, 0.25) is 0 Å². The first-order valence-electron chi connectivity index (χ1n) is 7.48. The van der Waals surface area contributed by atoms with Crippen molar-refractivity contribution >= 4 is 21.7 Å². The molecule has 0 saturated carbocycles. The highest BCUT2D eigenvalue weighted by atomic mass is 32.2. The third-order valence-corrected chi connectivity index (χ3v) is 4.99. The number of rotatable bonds is 8. The Morgan fingerprint density at radius 3 is 2.44 bits per heavy atom. The fourth-order valence-electron chi connectivity index (χ4n) is 2.19. The third kappa shape index (κ3) is 5.08. The lowest BCUT2D eigenvalue weighted by atomic mass is 10.1. The predicted octanol–water partition coefficient (Wildman–Crippen LogP) is 2.44. The number of methoxy groups -OCH3 is 1. The van der Waals surface area contributed by atoms with Gasteiger partial charge in [-0.05, 0) is 45.5 Å². The molecular formula is C15H21F3N2O4S. The van der Waals surface area contributed by atoms with Crippen molar-refractivity contribution in [1.82, 2.24) is 5.32 Å². The molecule has 10 heteroatoms. The number of alkyl halides is 3. The predicted molar refractivity (Wildman–Crippen MR) is 88.0 cm³/mol. The lowest BCUT2D eigenvalue weighted by Gasteiger charge is -2.27. The zero-order valence-corrected chi connectivity index (χ0v) is 15.0. The number of unbranched alkanes of at least 4 members (excludes halogenated alkanes) is 1. The van der Waals surface area contributed by atoms with E-state index in [1.807, 2.05) is 0 Å². The maximum atomic E-state index is 13.1. The number of esters is 1. The summed E-state index contributed by atoms with van der Waals surface area (Å²) in [4.78, 5) is 11.9. The Hall–Kier alpha value is -1.81. The molecule has 0 spiro atoms. The van der Waals surface area contributed by atoms with Crippen LogP contribution in [0.15, 0.2) is 18.2 Å². The Balaban J connectivity index is 3.40. The van der Waals surface area contributed by atoms with Crippen molar-refractivity contribution in [2.45, 2.75) is 25.3 Å². The molecule has 0 aromatic heterocycles. The van der Waals surface area contributed by atoms with Crippen LogP contribution in [0.1, 0.15) is 28.8 Å². The summed E-state index contributed by atoms with van der Waals surface area (Å²) in [6.45, 7) is 1.75. The normalized spacial score (nSPS) is 12.1. The molecule has 0 aliphatic heterocycles. The minimum absolute atomic E-state index is 0.185. The standard InChI is InChI=1S/C15H21F3N2O4S/c1-11-6-7-13(12(10-11)14(21)24-3)20(9-5-4-8-19-2)25(22,23)15(16,17)18/h6-7,10,19H,4-5,8-9H2,1-3H3. The van der Waals surface area contributed by atoms with E-state index in [1.165, 1.54) is 18.2 Å². The second-order valence-corrected chi connectivity index (χ2v) is 7.20. The second kappa shape index (κ2) is 8.52. The molecule has 6 nitrogen and oxygen atoms in total. The third-order valence-electron chi connectivity index (χ3n) is 3.45. The van der Waals surface area contributed by atoms with E-state index in [9.17, 15) is 26.4 Å². The fourth-order valence-corrected chi connectivity index (χ4v) is 3.23. The van der Waals surface area contributed by atoms with Gasteiger partial charge in [-0.3, -0.25) is 4.31 Å². The molecule has 1 N–H and O–H groups in total. The number of anilines is 1. The minimum Gasteiger partial charge on any atom is -0.465 e. The van der Waals surface area contributed by atoms with Crippen LogP contribution in [-0.2, 0) is 14.8 Å². The van der Waals surface area contributed by atoms with Crippen molar-refractivity contribution in [1.29, 1.82) is 0 Å². The zero-order chi connectivity index (χ0) is 19.3. The van der Waals surface area contributed by atoms with Crippen LogP contribution in [0.3, 0.4) is 0 Å². The number of ether oxygens (including phenoxy) is 1. The SMILES string of the molecule is CNCCCCN(c1ccc(C)cc1C(=O)OC)S(=O)(=O)C(F)(F)F. The van der Waals surface area contributed by atoms with Crippen LogP contribution in [0, 0.1) is 6.92 Å². The highest BCUT2D eigenvalue weighted by Crippen LogP contribution is 2.33. The highest BCUT2D eigenvalue weighted by Gasteiger charge is 2.50. The van der Waals surface area contributed by atoms with Crippen molar-refractivity contribution in [2.24, 2.45) is 0 Å². The lowest BCUT2D eigenvalue weighted by molar-refractivity contribution is -0.0438. The highest BCUT2D eigenvalue weighted by molar-refractivity contribution is 7.93. The average Bonchev–Trinajstić information content (AvgIpc) is 2.53. The number of carbonyl (C=O) groups is 1. The van der Waals surface area contributed by atoms with Crippen molar-refractivity contribution in [3.63, 3.8) is 0 Å². The Morgan fingerprint density at radius 1 is 1.28 bits per heavy atom. The number of nitrogens with one attached hydrogen (secondary N) is 1. The van der Waals surface area contributed by atoms with E-state index in [2.05, 4.69) is 10.1 Å². The first-order chi connectivity index (χ1) is 11.6. The van der Waals surface area contributed by atoms with Gasteiger partial charge in [0, 0.05) is 6.54 Å². The van der Waals surface area contributed by atoms with Gasteiger partial charge in [0.1, 0.15) is 0 Å². The van der Waals surface area contributed by atoms with E-state index in [4.69, 9.17) is 0 Å². The maximum Gasteiger partial charge on any atom is 0.516 e. The molecule has 0 aliphatic carbocycles. The molecule has 1 rings (SSSR count). The second-order valence-electron chi connectivity index (χ2n) is 5.35. The van der Waals surface area contributed by atoms with Crippen LogP contribution in [0.5, 0.6) is 0 Å². The fraction of sp³-hybridized carbons (Fsp3) is 0.533. The van der Waals surface area contributed by atoms with E-state index in [1.54, 1.807) is 14.0 Å². The topological polar surface area (TPSA) is 75.7 Å². The van der Waals surface area contributed by atoms with Gasteiger partial charge >= 0.3 is 21.5 Å². The van der Waals surface area contributed by atoms with Gasteiger partial charge in [0.25, 0.3) is 0 Å². The van der Waals surface area contributed by atoms with E-state index < -0.39 is 28.0 Å². The van der Waals surface area contributed by atoms with Crippen molar-refractivity contribution in [2.75, 3.05) is 31.6 Å². The molecule has 25 heavy (non-hydrogen) atoms. The Bertz CT molecular complexity index is 705. The van der Waals surface area contributed by atoms with E-state index in [0.29, 0.717) is 18.5 Å². The first kappa shape index (κ1) is 21.2. The summed E-state index contributed by atoms with van der Waals surface area (Å²) in [6, 6.07) is 3.92. The van der Waals surface area contributed by atoms with E-state index >= 15 is 0 Å². The summed E-state index contributed by atoms with van der Waals surface area (Å²) in [5, 5.41) is 2.83. The van der Waals surface area contributed by atoms with Gasteiger partial charge in [-0.2, -0.15) is 21.6 Å². The Morgan fingerprint density at radius 2 is 1.92 bits per heavy atom. The molecule has 0 radical (unpaired) electrons. The van der Waals surface area contributed by atoms with Crippen LogP contribution in [-0.4, -0.2) is 47.1 Å². The quantitative estimate of drug-likeness (QED) is 0.552. The molecule has 0 atom stereocenters. The van der Waals surface area contributed by atoms with Crippen molar-refractivity contribution in [3.8, 4) is 0 Å². The number of hydrogen-bond donors (Lipinski definition) is 1. The number of halogens is 3. The van der Waals surface area contributed by atoms with Gasteiger partial charge in [0.2, 0.25) is 0 Å². The van der Waals surface area contributed by atoms with Crippen molar-refractivity contribution in [3.05, 3.63) is 29.3 Å². The van der Waals surface area contributed by atoms with Gasteiger partial charge in [0.15, 0.2) is 0 Å². The molecule has 1 aromatic rings. The van der Waals surface area contributed by atoms with Crippen LogP contribution < -0.4 is 9.62 Å². The molecular weight excluding hydrogens is 361 g/mol. The zero-order valence-electron chi connectivity index (χ0n) is 14.2. The lowest BCUT2D eigenvalue weighted by Crippen LogP contribution is -2.42. The van der Waals surface area contributed by atoms with Gasteiger partial charge in [-0.15, -0.1) is 0 Å². The van der Waals surface area contributed by atoms with Crippen LogP contribution in [0.25, 0.3) is 0 Å². The number of benzene rings is 1. The van der Waals surface area contributed by atoms with Crippen LogP contribution in [0.4, 0.5) is 18.9 Å². The average molecular weight is 382 g/mol. The van der Waals surface area contributed by atoms with Crippen LogP contribution >= 0.6 is 0 Å². The molecule has 0 bridgehead atoms. The molecule has 0 saturated heterocycles. The molecule has 0 unspecified atom stereocenters. The summed E-state index contributed by atoms with van der Waals surface area (Å²) >= 11 is 0. The summed E-state index contributed by atoms with van der Waals surface area (Å²) in [6.07, 6.45) is 0.657. The monoisotopic (exact) mass is 382 g/mol. The minimum atomic E-state index is -5.65. The molecule has 0 heterocycles. The molecule has 0 amide bonds. The van der Waals surface area contributed by atoms with Gasteiger partial charge in [-0.25, -0.2) is 4.79 Å².